The van der Waals surface area contributed by atoms with Crippen LogP contribution in [0, 0.1) is 0 Å². The third kappa shape index (κ3) is 2.43. The van der Waals surface area contributed by atoms with Gasteiger partial charge in [-0.1, -0.05) is 0 Å². The van der Waals surface area contributed by atoms with Crippen LogP contribution in [0.25, 0.3) is 0 Å². The highest BCUT2D eigenvalue weighted by Gasteiger charge is 2.69. The summed E-state index contributed by atoms with van der Waals surface area (Å²) in [4.78, 5) is 0. The zero-order chi connectivity index (χ0) is 13.6. The van der Waals surface area contributed by atoms with Crippen LogP contribution in [0.3, 0.4) is 0 Å². The molecule has 0 aliphatic heterocycles. The largest absolute Gasteiger partial charge is 0.469 e. The molecule has 2 N–H and O–H groups in total. The fourth-order valence-corrected chi connectivity index (χ4v) is 3.06. The molecule has 1 atom stereocenters. The van der Waals surface area contributed by atoms with Crippen LogP contribution in [-0.2, 0) is 19.9 Å². The first-order chi connectivity index (χ1) is 6.65. The van der Waals surface area contributed by atoms with Crippen molar-refractivity contribution in [1.29, 1.82) is 0 Å². The van der Waals surface area contributed by atoms with Gasteiger partial charge in [-0.2, -0.15) is 22.0 Å². The Bertz CT molecular complexity index is 463. The van der Waals surface area contributed by atoms with Crippen LogP contribution in [-0.4, -0.2) is 32.8 Å². The van der Waals surface area contributed by atoms with Crippen molar-refractivity contribution in [3.8, 4) is 0 Å². The van der Waals surface area contributed by atoms with Gasteiger partial charge in [-0.15, -0.1) is 0 Å². The number of halogens is 5. The first-order valence-electron chi connectivity index (χ1n) is 3.35. The predicted octanol–water partition coefficient (Wildman–Crippen LogP) is 0.191. The van der Waals surface area contributed by atoms with E-state index in [1.165, 1.54) is 0 Å². The van der Waals surface area contributed by atoms with Crippen molar-refractivity contribution in [1.82, 2.24) is 0 Å². The van der Waals surface area contributed by atoms with Gasteiger partial charge in [0.1, 0.15) is 0 Å². The molecule has 5 nitrogen and oxygen atoms in total. The third-order valence-electron chi connectivity index (χ3n) is 1.59. The number of hydrogen-bond donors (Lipinski definition) is 1. The molecule has 0 fully saturated rings. The summed E-state index contributed by atoms with van der Waals surface area (Å²) >= 11 is 0. The van der Waals surface area contributed by atoms with Crippen LogP contribution in [0.2, 0.25) is 0 Å². The van der Waals surface area contributed by atoms with E-state index in [-0.39, 0.29) is 6.92 Å². The highest BCUT2D eigenvalue weighted by molar-refractivity contribution is 8.08. The molecular formula is C4H6F5NO4S2. The second kappa shape index (κ2) is 3.77. The van der Waals surface area contributed by atoms with Crippen LogP contribution in [0.15, 0.2) is 0 Å². The van der Waals surface area contributed by atoms with E-state index >= 15 is 0 Å². The monoisotopic (exact) mass is 291 g/mol. The van der Waals surface area contributed by atoms with Crippen LogP contribution in [0.5, 0.6) is 0 Å². The molecule has 0 heterocycles. The Hall–Kier alpha value is -0.490. The van der Waals surface area contributed by atoms with Gasteiger partial charge in [0.2, 0.25) is 19.9 Å². The lowest BCUT2D eigenvalue weighted by atomic mass is 10.7. The molecule has 12 heteroatoms. The topological polar surface area (TPSA) is 94.3 Å². The zero-order valence-corrected chi connectivity index (χ0v) is 9.13. The number of nitrogens with two attached hydrogens (primary N) is 1. The molecule has 0 aliphatic carbocycles. The van der Waals surface area contributed by atoms with Crippen molar-refractivity contribution in [2.75, 3.05) is 0 Å². The van der Waals surface area contributed by atoms with Crippen molar-refractivity contribution in [3.05, 3.63) is 0 Å². The summed E-state index contributed by atoms with van der Waals surface area (Å²) < 4.78 is 99.3. The van der Waals surface area contributed by atoms with Gasteiger partial charge in [0.15, 0.2) is 4.58 Å². The molecular weight excluding hydrogens is 285 g/mol. The van der Waals surface area contributed by atoms with Crippen molar-refractivity contribution in [2.45, 2.75) is 22.9 Å². The third-order valence-corrected chi connectivity index (χ3v) is 5.90. The number of hydrogen-bond acceptors (Lipinski definition) is 4. The molecule has 16 heavy (non-hydrogen) atoms. The molecule has 0 aliphatic rings. The van der Waals surface area contributed by atoms with Crippen LogP contribution >= 0.6 is 0 Å². The van der Waals surface area contributed by atoms with E-state index in [9.17, 15) is 38.8 Å². The van der Waals surface area contributed by atoms with Crippen LogP contribution < -0.4 is 5.14 Å². The van der Waals surface area contributed by atoms with Gasteiger partial charge < -0.3 is 0 Å². The van der Waals surface area contributed by atoms with Gasteiger partial charge in [0, 0.05) is 0 Å². The van der Waals surface area contributed by atoms with E-state index in [2.05, 4.69) is 5.14 Å². The summed E-state index contributed by atoms with van der Waals surface area (Å²) in [6.45, 7) is 0.129. The number of rotatable bonds is 3. The van der Waals surface area contributed by atoms with Gasteiger partial charge in [0.25, 0.3) is 0 Å². The van der Waals surface area contributed by atoms with Crippen molar-refractivity contribution in [3.63, 3.8) is 0 Å². The average Bonchev–Trinajstić information content (AvgIpc) is 1.98. The highest BCUT2D eigenvalue weighted by atomic mass is 32.3. The molecule has 0 rings (SSSR count). The van der Waals surface area contributed by atoms with E-state index in [1.54, 1.807) is 0 Å². The molecule has 1 unspecified atom stereocenters. The molecule has 0 saturated heterocycles. The fraction of sp³-hybridized carbons (Fsp3) is 1.00. The number of primary sulfonamides is 1. The maximum Gasteiger partial charge on any atom is 0.469 e. The smallest absolute Gasteiger partial charge is 0.228 e. The zero-order valence-electron chi connectivity index (χ0n) is 7.49. The van der Waals surface area contributed by atoms with Crippen molar-refractivity contribution < 1.29 is 38.8 Å². The number of alkyl halides is 5. The molecule has 0 radical (unpaired) electrons. The van der Waals surface area contributed by atoms with E-state index in [4.69, 9.17) is 0 Å². The van der Waals surface area contributed by atoms with Gasteiger partial charge >= 0.3 is 11.4 Å². The van der Waals surface area contributed by atoms with Crippen LogP contribution in [0.4, 0.5) is 22.0 Å². The van der Waals surface area contributed by atoms with Gasteiger partial charge in [0.05, 0.1) is 0 Å². The van der Waals surface area contributed by atoms with Gasteiger partial charge in [-0.3, -0.25) is 0 Å². The van der Waals surface area contributed by atoms with Gasteiger partial charge in [-0.05, 0) is 6.92 Å². The van der Waals surface area contributed by atoms with E-state index in [0.717, 1.165) is 0 Å². The molecule has 98 valence electrons. The standard InChI is InChI=1S/C4H6F5NO4S2/c1-2(16(10,13)14)15(11,12)4(8,9)3(5,6)7/h2H,1H3,(H2,10,13,14). The summed E-state index contributed by atoms with van der Waals surface area (Å²) in [5.74, 6) is 0. The fourth-order valence-electron chi connectivity index (χ4n) is 0.546. The summed E-state index contributed by atoms with van der Waals surface area (Å²) in [6.07, 6.45) is -6.41. The summed E-state index contributed by atoms with van der Waals surface area (Å²) in [7, 11) is -11.4. The Morgan fingerprint density at radius 3 is 1.50 bits per heavy atom. The molecule has 0 aromatic heterocycles. The van der Waals surface area contributed by atoms with E-state index in [1.807, 2.05) is 0 Å². The lowest BCUT2D eigenvalue weighted by Crippen LogP contribution is -2.50. The Morgan fingerprint density at radius 2 is 1.31 bits per heavy atom. The average molecular weight is 291 g/mol. The molecule has 0 aromatic carbocycles. The summed E-state index contributed by atoms with van der Waals surface area (Å²) in [5.41, 5.74) is 0. The normalized spacial score (nSPS) is 17.2. The summed E-state index contributed by atoms with van der Waals surface area (Å²) in [6, 6.07) is 0. The highest BCUT2D eigenvalue weighted by Crippen LogP contribution is 2.42. The maximum atomic E-state index is 12.5. The second-order valence-corrected chi connectivity index (χ2v) is 7.21. The van der Waals surface area contributed by atoms with Crippen LogP contribution in [0.1, 0.15) is 6.92 Å². The number of sulfone groups is 1. The van der Waals surface area contributed by atoms with E-state index in [0.29, 0.717) is 0 Å². The van der Waals surface area contributed by atoms with Crippen molar-refractivity contribution >= 4 is 19.9 Å². The Morgan fingerprint density at radius 1 is 1.00 bits per heavy atom. The molecule has 0 aromatic rings. The minimum absolute atomic E-state index is 0.129. The Labute approximate surface area is 87.4 Å². The maximum absolute atomic E-state index is 12.5. The Kier molecular flexibility index (Phi) is 3.65. The van der Waals surface area contributed by atoms with Crippen molar-refractivity contribution in [2.24, 2.45) is 5.14 Å². The molecule has 0 bridgehead atoms. The summed E-state index contributed by atoms with van der Waals surface area (Å²) in [5, 5.41) is -1.98. The van der Waals surface area contributed by atoms with E-state index < -0.39 is 35.9 Å². The molecule has 0 saturated carbocycles. The quantitative estimate of drug-likeness (QED) is 0.751. The molecule has 0 spiro atoms. The molecule has 0 amide bonds. The SMILES string of the molecule is CC(S(N)(=O)=O)S(=O)(=O)C(F)(F)C(F)(F)F. The second-order valence-electron chi connectivity index (χ2n) is 2.72. The lowest BCUT2D eigenvalue weighted by Gasteiger charge is -2.22. The first-order valence-corrected chi connectivity index (χ1v) is 6.51. The minimum Gasteiger partial charge on any atom is -0.228 e. The number of sulfonamides is 1. The predicted molar refractivity (Wildman–Crippen MR) is 42.5 cm³/mol. The van der Waals surface area contributed by atoms with Gasteiger partial charge in [-0.25, -0.2) is 22.0 Å². The first kappa shape index (κ1) is 15.5. The minimum atomic E-state index is -6.41. The Balaban J connectivity index is 5.76. The lowest BCUT2D eigenvalue weighted by molar-refractivity contribution is -0.241.